The third-order valence-corrected chi connectivity index (χ3v) is 4.87. The Morgan fingerprint density at radius 3 is 2.60 bits per heavy atom. The molecular weight excluding hydrogens is 354 g/mol. The van der Waals surface area contributed by atoms with E-state index in [1.807, 2.05) is 37.3 Å². The molecule has 1 aromatic heterocycles. The minimum atomic E-state index is -0.138. The van der Waals surface area contributed by atoms with Crippen LogP contribution in [0.4, 0.5) is 0 Å². The summed E-state index contributed by atoms with van der Waals surface area (Å²) in [6, 6.07) is 17.6. The minimum Gasteiger partial charge on any atom is -0.349 e. The van der Waals surface area contributed by atoms with E-state index in [9.17, 15) is 4.79 Å². The first-order valence-corrected chi connectivity index (χ1v) is 9.21. The number of aryl methyl sites for hydroxylation is 1. The number of amides is 1. The van der Waals surface area contributed by atoms with E-state index < -0.39 is 0 Å². The predicted octanol–water partition coefficient (Wildman–Crippen LogP) is 4.61. The van der Waals surface area contributed by atoms with Crippen LogP contribution in [0.1, 0.15) is 28.6 Å². The van der Waals surface area contributed by atoms with E-state index in [-0.39, 0.29) is 11.9 Å². The van der Waals surface area contributed by atoms with Crippen molar-refractivity contribution in [1.82, 2.24) is 14.9 Å². The molecule has 0 saturated heterocycles. The van der Waals surface area contributed by atoms with Gasteiger partial charge in [-0.15, -0.1) is 5.10 Å². The average molecular weight is 372 g/mol. The fourth-order valence-corrected chi connectivity index (χ4v) is 3.24. The second-order valence-electron chi connectivity index (χ2n) is 5.86. The number of hydrogen-bond acceptors (Lipinski definition) is 4. The van der Waals surface area contributed by atoms with E-state index in [0.717, 1.165) is 29.9 Å². The lowest BCUT2D eigenvalue weighted by Crippen LogP contribution is -2.32. The highest BCUT2D eigenvalue weighted by Gasteiger charge is 2.19. The number of hydrogen-bond donors (Lipinski definition) is 1. The summed E-state index contributed by atoms with van der Waals surface area (Å²) in [7, 11) is 0. The van der Waals surface area contributed by atoms with Gasteiger partial charge in [-0.25, -0.2) is 0 Å². The first-order chi connectivity index (χ1) is 12.1. The highest BCUT2D eigenvalue weighted by atomic mass is 35.5. The van der Waals surface area contributed by atoms with Crippen LogP contribution in [0.2, 0.25) is 5.02 Å². The molecule has 128 valence electrons. The molecule has 1 heterocycles. The van der Waals surface area contributed by atoms with Gasteiger partial charge in [0, 0.05) is 16.6 Å². The van der Waals surface area contributed by atoms with Gasteiger partial charge in [-0.05, 0) is 49.0 Å². The fourth-order valence-electron chi connectivity index (χ4n) is 2.53. The molecule has 1 amide bonds. The van der Waals surface area contributed by atoms with Crippen molar-refractivity contribution < 1.29 is 4.79 Å². The monoisotopic (exact) mass is 371 g/mol. The van der Waals surface area contributed by atoms with Gasteiger partial charge in [-0.2, -0.15) is 0 Å². The van der Waals surface area contributed by atoms with E-state index >= 15 is 0 Å². The van der Waals surface area contributed by atoms with Gasteiger partial charge < -0.3 is 5.32 Å². The van der Waals surface area contributed by atoms with E-state index in [2.05, 4.69) is 27.0 Å². The van der Waals surface area contributed by atoms with Gasteiger partial charge in [-0.3, -0.25) is 4.79 Å². The number of rotatable bonds is 6. The van der Waals surface area contributed by atoms with Crippen molar-refractivity contribution in [3.05, 3.63) is 70.1 Å². The van der Waals surface area contributed by atoms with Crippen molar-refractivity contribution in [2.75, 3.05) is 0 Å². The number of benzene rings is 2. The normalized spacial score (nSPS) is 11.9. The average Bonchev–Trinajstić information content (AvgIpc) is 3.11. The second kappa shape index (κ2) is 8.23. The zero-order valence-corrected chi connectivity index (χ0v) is 15.3. The van der Waals surface area contributed by atoms with Crippen molar-refractivity contribution in [2.45, 2.75) is 25.8 Å². The van der Waals surface area contributed by atoms with Gasteiger partial charge in [0.05, 0.1) is 0 Å². The standard InChI is InChI=1S/C19H18ClN3OS/c1-13(7-8-14-5-3-2-4-6-14)21-19(24)18-17(22-23-25-18)15-9-11-16(20)12-10-15/h2-6,9-13H,7-8H2,1H3,(H,21,24)/t13-/m0/s1. The lowest BCUT2D eigenvalue weighted by molar-refractivity contribution is 0.0943. The molecule has 0 radical (unpaired) electrons. The molecule has 1 atom stereocenters. The lowest BCUT2D eigenvalue weighted by atomic mass is 10.1. The van der Waals surface area contributed by atoms with Crippen LogP contribution in [0.15, 0.2) is 54.6 Å². The van der Waals surface area contributed by atoms with Crippen LogP contribution >= 0.6 is 23.1 Å². The van der Waals surface area contributed by atoms with E-state index in [1.54, 1.807) is 12.1 Å². The number of halogens is 1. The highest BCUT2D eigenvalue weighted by molar-refractivity contribution is 7.08. The summed E-state index contributed by atoms with van der Waals surface area (Å²) >= 11 is 7.02. The van der Waals surface area contributed by atoms with Gasteiger partial charge in [0.2, 0.25) is 0 Å². The summed E-state index contributed by atoms with van der Waals surface area (Å²) in [5.74, 6) is -0.138. The maximum atomic E-state index is 12.6. The Morgan fingerprint density at radius 2 is 1.88 bits per heavy atom. The molecule has 0 aliphatic carbocycles. The molecule has 3 rings (SSSR count). The predicted molar refractivity (Wildman–Crippen MR) is 102 cm³/mol. The van der Waals surface area contributed by atoms with Crippen molar-refractivity contribution in [2.24, 2.45) is 0 Å². The zero-order chi connectivity index (χ0) is 17.6. The SMILES string of the molecule is C[C@@H](CCc1ccccc1)NC(=O)c1snnc1-c1ccc(Cl)cc1. The molecule has 0 spiro atoms. The molecule has 1 N–H and O–H groups in total. The van der Waals surface area contributed by atoms with Gasteiger partial charge >= 0.3 is 0 Å². The first kappa shape index (κ1) is 17.6. The summed E-state index contributed by atoms with van der Waals surface area (Å²) in [4.78, 5) is 13.1. The Hall–Kier alpha value is -2.24. The third kappa shape index (κ3) is 4.65. The highest BCUT2D eigenvalue weighted by Crippen LogP contribution is 2.25. The largest absolute Gasteiger partial charge is 0.349 e. The number of carbonyl (C=O) groups excluding carboxylic acids is 1. The second-order valence-corrected chi connectivity index (χ2v) is 7.05. The van der Waals surface area contributed by atoms with Gasteiger partial charge in [0.25, 0.3) is 5.91 Å². The topological polar surface area (TPSA) is 54.9 Å². The maximum Gasteiger partial charge on any atom is 0.265 e. The van der Waals surface area contributed by atoms with Gasteiger partial charge in [-0.1, -0.05) is 58.6 Å². The number of aromatic nitrogens is 2. The fraction of sp³-hybridized carbons (Fsp3) is 0.211. The van der Waals surface area contributed by atoms with E-state index in [4.69, 9.17) is 11.6 Å². The first-order valence-electron chi connectivity index (χ1n) is 8.06. The third-order valence-electron chi connectivity index (χ3n) is 3.90. The quantitative estimate of drug-likeness (QED) is 0.688. The molecule has 0 saturated carbocycles. The maximum absolute atomic E-state index is 12.6. The molecule has 6 heteroatoms. The Kier molecular flexibility index (Phi) is 5.79. The molecule has 3 aromatic rings. The summed E-state index contributed by atoms with van der Waals surface area (Å²) in [6.45, 7) is 2.01. The van der Waals surface area contributed by atoms with E-state index in [1.165, 1.54) is 5.56 Å². The van der Waals surface area contributed by atoms with Crippen molar-refractivity contribution in [3.63, 3.8) is 0 Å². The number of nitrogens with one attached hydrogen (secondary N) is 1. The molecule has 0 bridgehead atoms. The van der Waals surface area contributed by atoms with Crippen LogP contribution in [-0.4, -0.2) is 21.5 Å². The summed E-state index contributed by atoms with van der Waals surface area (Å²) in [5, 5.41) is 7.79. The Balaban J connectivity index is 1.63. The lowest BCUT2D eigenvalue weighted by Gasteiger charge is -2.13. The summed E-state index contributed by atoms with van der Waals surface area (Å²) in [6.07, 6.45) is 1.80. The van der Waals surface area contributed by atoms with Gasteiger partial charge in [0.15, 0.2) is 0 Å². The van der Waals surface area contributed by atoms with Crippen molar-refractivity contribution in [1.29, 1.82) is 0 Å². The Morgan fingerprint density at radius 1 is 1.16 bits per heavy atom. The number of carbonyl (C=O) groups is 1. The summed E-state index contributed by atoms with van der Waals surface area (Å²) < 4.78 is 3.94. The van der Waals surface area contributed by atoms with Crippen LogP contribution in [0, 0.1) is 0 Å². The summed E-state index contributed by atoms with van der Waals surface area (Å²) in [5.41, 5.74) is 2.69. The molecule has 0 aliphatic rings. The van der Waals surface area contributed by atoms with Crippen LogP contribution in [0.3, 0.4) is 0 Å². The van der Waals surface area contributed by atoms with Crippen LogP contribution in [-0.2, 0) is 6.42 Å². The molecule has 0 aliphatic heterocycles. The Labute approximate surface area is 156 Å². The minimum absolute atomic E-state index is 0.0628. The van der Waals surface area contributed by atoms with Crippen LogP contribution in [0.5, 0.6) is 0 Å². The van der Waals surface area contributed by atoms with Crippen LogP contribution < -0.4 is 5.32 Å². The molecular formula is C19H18ClN3OS. The van der Waals surface area contributed by atoms with Crippen molar-refractivity contribution >= 4 is 29.0 Å². The van der Waals surface area contributed by atoms with Crippen molar-refractivity contribution in [3.8, 4) is 11.3 Å². The van der Waals surface area contributed by atoms with Gasteiger partial charge in [0.1, 0.15) is 10.6 Å². The van der Waals surface area contributed by atoms with Crippen LogP contribution in [0.25, 0.3) is 11.3 Å². The molecule has 0 fully saturated rings. The molecule has 2 aromatic carbocycles. The smallest absolute Gasteiger partial charge is 0.265 e. The Bertz CT molecular complexity index is 833. The number of nitrogens with zero attached hydrogens (tertiary/aromatic N) is 2. The molecule has 0 unspecified atom stereocenters. The zero-order valence-electron chi connectivity index (χ0n) is 13.8. The molecule has 25 heavy (non-hydrogen) atoms. The van der Waals surface area contributed by atoms with E-state index in [0.29, 0.717) is 15.6 Å². The molecule has 4 nitrogen and oxygen atoms in total.